The summed E-state index contributed by atoms with van der Waals surface area (Å²) >= 11 is 0. The molecule has 2 N–H and O–H groups in total. The number of halogens is 1. The van der Waals surface area contributed by atoms with Gasteiger partial charge in [-0.15, -0.1) is 10.2 Å². The minimum atomic E-state index is -1.91. The highest BCUT2D eigenvalue weighted by atomic mass is 19.1. The van der Waals surface area contributed by atoms with Gasteiger partial charge in [-0.3, -0.25) is 9.59 Å². The summed E-state index contributed by atoms with van der Waals surface area (Å²) in [6, 6.07) is 25.1. The minimum Gasteiger partial charge on any atom is -0.341 e. The van der Waals surface area contributed by atoms with Gasteiger partial charge in [0.2, 0.25) is 5.91 Å². The lowest BCUT2D eigenvalue weighted by Gasteiger charge is -2.29. The third-order valence-electron chi connectivity index (χ3n) is 6.44. The van der Waals surface area contributed by atoms with E-state index in [9.17, 15) is 14.0 Å². The number of aryl methyl sites for hydroxylation is 1. The molecule has 4 aromatic rings. The molecule has 1 fully saturated rings. The van der Waals surface area contributed by atoms with Crippen molar-refractivity contribution in [1.82, 2.24) is 20.1 Å². The quantitative estimate of drug-likeness (QED) is 0.392. The lowest BCUT2D eigenvalue weighted by atomic mass is 9.84. The summed E-state index contributed by atoms with van der Waals surface area (Å²) in [7, 11) is 1.85. The zero-order valence-corrected chi connectivity index (χ0v) is 19.8. The molecule has 3 aromatic carbocycles. The maximum atomic E-state index is 14.7. The molecule has 1 atom stereocenters. The van der Waals surface area contributed by atoms with Crippen molar-refractivity contribution in [1.29, 1.82) is 0 Å². The van der Waals surface area contributed by atoms with Crippen molar-refractivity contribution in [2.45, 2.75) is 30.5 Å². The van der Waals surface area contributed by atoms with Crippen molar-refractivity contribution in [3.63, 3.8) is 0 Å². The second-order valence-corrected chi connectivity index (χ2v) is 9.05. The molecule has 0 saturated heterocycles. The van der Waals surface area contributed by atoms with Crippen molar-refractivity contribution in [2.75, 3.05) is 5.32 Å². The Balaban J connectivity index is 1.46. The molecule has 8 heteroatoms. The summed E-state index contributed by atoms with van der Waals surface area (Å²) in [6.07, 6.45) is 1.94. The van der Waals surface area contributed by atoms with E-state index < -0.39 is 29.4 Å². The smallest absolute Gasteiger partial charge is 0.258 e. The Morgan fingerprint density at radius 3 is 2.00 bits per heavy atom. The maximum absolute atomic E-state index is 14.7. The van der Waals surface area contributed by atoms with Crippen LogP contribution in [0.1, 0.15) is 29.9 Å². The van der Waals surface area contributed by atoms with Crippen molar-refractivity contribution in [2.24, 2.45) is 7.05 Å². The van der Waals surface area contributed by atoms with Crippen LogP contribution in [-0.4, -0.2) is 38.3 Å². The number of aromatic nitrogens is 3. The first-order chi connectivity index (χ1) is 17.4. The topological polar surface area (TPSA) is 88.9 Å². The van der Waals surface area contributed by atoms with Gasteiger partial charge < -0.3 is 15.2 Å². The van der Waals surface area contributed by atoms with E-state index in [4.69, 9.17) is 0 Å². The van der Waals surface area contributed by atoms with Crippen LogP contribution in [-0.2, 0) is 16.6 Å². The van der Waals surface area contributed by atoms with Gasteiger partial charge in [-0.2, -0.15) is 0 Å². The van der Waals surface area contributed by atoms with Crippen LogP contribution in [0.3, 0.4) is 0 Å². The molecular weight excluding hydrogens is 457 g/mol. The highest BCUT2D eigenvalue weighted by molar-refractivity contribution is 6.00. The molecule has 1 aliphatic carbocycles. The van der Waals surface area contributed by atoms with Crippen LogP contribution < -0.4 is 10.6 Å². The van der Waals surface area contributed by atoms with Gasteiger partial charge >= 0.3 is 0 Å². The van der Waals surface area contributed by atoms with E-state index in [0.29, 0.717) is 11.5 Å². The van der Waals surface area contributed by atoms with E-state index in [-0.39, 0.29) is 12.8 Å². The fourth-order valence-corrected chi connectivity index (χ4v) is 4.27. The maximum Gasteiger partial charge on any atom is 0.258 e. The van der Waals surface area contributed by atoms with Crippen molar-refractivity contribution in [3.8, 4) is 11.4 Å². The van der Waals surface area contributed by atoms with E-state index in [0.717, 1.165) is 16.7 Å². The lowest BCUT2D eigenvalue weighted by molar-refractivity contribution is -0.131. The lowest BCUT2D eigenvalue weighted by Crippen LogP contribution is -2.50. The number of nitrogens with one attached hydrogen (secondary N) is 2. The van der Waals surface area contributed by atoms with Crippen LogP contribution in [0.25, 0.3) is 11.4 Å². The molecule has 5 rings (SSSR count). The molecule has 7 nitrogen and oxygen atoms in total. The summed E-state index contributed by atoms with van der Waals surface area (Å²) in [5.74, 6) is -1.01. The minimum absolute atomic E-state index is 0.165. The molecule has 2 amide bonds. The molecule has 36 heavy (non-hydrogen) atoms. The molecule has 0 spiro atoms. The number of rotatable bonds is 8. The molecule has 0 radical (unpaired) electrons. The third kappa shape index (κ3) is 4.88. The highest BCUT2D eigenvalue weighted by Crippen LogP contribution is 2.40. The predicted octanol–water partition coefficient (Wildman–Crippen LogP) is 4.24. The van der Waals surface area contributed by atoms with E-state index in [1.165, 1.54) is 0 Å². The summed E-state index contributed by atoms with van der Waals surface area (Å²) in [4.78, 5) is 26.5. The normalized spacial score (nSPS) is 14.8. The highest BCUT2D eigenvalue weighted by Gasteiger charge is 2.52. The van der Waals surface area contributed by atoms with Gasteiger partial charge in [0.15, 0.2) is 11.5 Å². The number of hydrogen-bond acceptors (Lipinski definition) is 4. The summed E-state index contributed by atoms with van der Waals surface area (Å²) in [6.45, 7) is 0. The predicted molar refractivity (Wildman–Crippen MR) is 135 cm³/mol. The van der Waals surface area contributed by atoms with Crippen LogP contribution in [0.5, 0.6) is 0 Å². The van der Waals surface area contributed by atoms with Gasteiger partial charge in [-0.25, -0.2) is 4.39 Å². The summed E-state index contributed by atoms with van der Waals surface area (Å²) < 4.78 is 16.5. The number of nitrogens with zero attached hydrogens (tertiary/aromatic N) is 3. The van der Waals surface area contributed by atoms with Crippen LogP contribution in [0.15, 0.2) is 91.3 Å². The van der Waals surface area contributed by atoms with Gasteiger partial charge in [-0.05, 0) is 48.2 Å². The van der Waals surface area contributed by atoms with Crippen molar-refractivity contribution < 1.29 is 14.0 Å². The zero-order valence-electron chi connectivity index (χ0n) is 19.8. The number of hydrogen-bond donors (Lipinski definition) is 2. The average Bonchev–Trinajstić information content (AvgIpc) is 3.52. The second-order valence-electron chi connectivity index (χ2n) is 9.05. The van der Waals surface area contributed by atoms with Gasteiger partial charge in [-0.1, -0.05) is 60.7 Å². The average molecular weight is 484 g/mol. The Kier molecular flexibility index (Phi) is 6.33. The molecule has 1 heterocycles. The first kappa shape index (κ1) is 23.4. The first-order valence-corrected chi connectivity index (χ1v) is 11.8. The van der Waals surface area contributed by atoms with Crippen LogP contribution in [0.4, 0.5) is 10.1 Å². The van der Waals surface area contributed by atoms with Gasteiger partial charge in [0.1, 0.15) is 12.4 Å². The Bertz CT molecular complexity index is 1310. The molecule has 1 unspecified atom stereocenters. The Labute approximate surface area is 208 Å². The number of carbonyl (C=O) groups is 2. The fourth-order valence-electron chi connectivity index (χ4n) is 4.27. The summed E-state index contributed by atoms with van der Waals surface area (Å²) in [5, 5.41) is 13.6. The SMILES string of the molecule is Cn1cnnc1-c1ccc(NC(=O)C(NC(=O)C2(F)CC2)C(c2ccccc2)c2ccccc2)cc1. The van der Waals surface area contributed by atoms with Gasteiger partial charge in [0.05, 0.1) is 0 Å². The third-order valence-corrected chi connectivity index (χ3v) is 6.44. The van der Waals surface area contributed by atoms with E-state index in [1.54, 1.807) is 23.0 Å². The second kappa shape index (κ2) is 9.73. The van der Waals surface area contributed by atoms with E-state index >= 15 is 0 Å². The molecular formula is C28H26FN5O2. The standard InChI is InChI=1S/C28H26FN5O2/c1-34-18-30-33-25(34)21-12-14-22(15-13-21)31-26(35)24(32-27(36)28(29)16-17-28)23(19-8-4-2-5-9-19)20-10-6-3-7-11-20/h2-15,18,23-24H,16-17H2,1H3,(H,31,35)(H,32,36). The number of amides is 2. The molecule has 1 aliphatic rings. The summed E-state index contributed by atoms with van der Waals surface area (Å²) in [5.41, 5.74) is 1.16. The zero-order chi connectivity index (χ0) is 25.1. The number of anilines is 1. The molecule has 0 bridgehead atoms. The van der Waals surface area contributed by atoms with E-state index in [2.05, 4.69) is 20.8 Å². The van der Waals surface area contributed by atoms with E-state index in [1.807, 2.05) is 79.8 Å². The van der Waals surface area contributed by atoms with Crippen molar-refractivity contribution in [3.05, 3.63) is 102 Å². The molecule has 182 valence electrons. The number of alkyl halides is 1. The number of carbonyl (C=O) groups excluding carboxylic acids is 2. The largest absolute Gasteiger partial charge is 0.341 e. The van der Waals surface area contributed by atoms with Crippen molar-refractivity contribution >= 4 is 17.5 Å². The van der Waals surface area contributed by atoms with Crippen LogP contribution >= 0.6 is 0 Å². The van der Waals surface area contributed by atoms with Crippen LogP contribution in [0, 0.1) is 0 Å². The molecule has 0 aliphatic heterocycles. The Morgan fingerprint density at radius 1 is 0.917 bits per heavy atom. The monoisotopic (exact) mass is 483 g/mol. The fraction of sp³-hybridized carbons (Fsp3) is 0.214. The van der Waals surface area contributed by atoms with Gasteiger partial charge in [0, 0.05) is 24.2 Å². The number of benzene rings is 3. The molecule has 1 aromatic heterocycles. The van der Waals surface area contributed by atoms with Gasteiger partial charge in [0.25, 0.3) is 5.91 Å². The first-order valence-electron chi connectivity index (χ1n) is 11.8. The molecule has 1 saturated carbocycles. The Hall–Kier alpha value is -4.33. The van der Waals surface area contributed by atoms with Crippen LogP contribution in [0.2, 0.25) is 0 Å². The Morgan fingerprint density at radius 2 is 1.50 bits per heavy atom.